The summed E-state index contributed by atoms with van der Waals surface area (Å²) in [6, 6.07) is 21.1. The number of hydrogen-bond donors (Lipinski definition) is 2. The van der Waals surface area contributed by atoms with E-state index in [9.17, 15) is 9.59 Å². The van der Waals surface area contributed by atoms with Crippen molar-refractivity contribution in [1.29, 1.82) is 0 Å². The predicted molar refractivity (Wildman–Crippen MR) is 131 cm³/mol. The number of carbonyl (C=O) groups is 2. The van der Waals surface area contributed by atoms with Crippen molar-refractivity contribution in [2.24, 2.45) is 5.10 Å². The molecular weight excluding hydrogens is 434 g/mol. The summed E-state index contributed by atoms with van der Waals surface area (Å²) >= 11 is 0. The maximum atomic E-state index is 12.4. The van der Waals surface area contributed by atoms with E-state index in [1.165, 1.54) is 13.3 Å². The first-order chi connectivity index (χ1) is 16.6. The fraction of sp³-hybridized carbons (Fsp3) is 0.192. The van der Waals surface area contributed by atoms with Gasteiger partial charge < -0.3 is 19.5 Å². The average Bonchev–Trinajstić information content (AvgIpc) is 2.87. The third-order valence-electron chi connectivity index (χ3n) is 4.57. The second kappa shape index (κ2) is 12.6. The largest absolute Gasteiger partial charge is 0.493 e. The highest BCUT2D eigenvalue weighted by Gasteiger charge is 2.10. The molecule has 2 N–H and O–H groups in total. The number of hydrogen-bond acceptors (Lipinski definition) is 6. The molecule has 3 rings (SSSR count). The minimum atomic E-state index is -0.374. The quantitative estimate of drug-likeness (QED) is 0.328. The molecule has 0 radical (unpaired) electrons. The lowest BCUT2D eigenvalue weighted by Gasteiger charge is -2.11. The van der Waals surface area contributed by atoms with E-state index in [1.807, 2.05) is 25.1 Å². The zero-order valence-electron chi connectivity index (χ0n) is 19.1. The van der Waals surface area contributed by atoms with Gasteiger partial charge in [-0.05, 0) is 66.6 Å². The highest BCUT2D eigenvalue weighted by molar-refractivity contribution is 5.95. The van der Waals surface area contributed by atoms with Gasteiger partial charge in [0.25, 0.3) is 11.8 Å². The van der Waals surface area contributed by atoms with E-state index in [1.54, 1.807) is 54.6 Å². The molecule has 0 saturated heterocycles. The van der Waals surface area contributed by atoms with Crippen molar-refractivity contribution in [2.45, 2.75) is 13.3 Å². The molecule has 8 nitrogen and oxygen atoms in total. The van der Waals surface area contributed by atoms with Gasteiger partial charge in [-0.25, -0.2) is 5.43 Å². The van der Waals surface area contributed by atoms with Crippen LogP contribution in [-0.2, 0) is 4.79 Å². The van der Waals surface area contributed by atoms with Crippen LogP contribution in [0.5, 0.6) is 17.2 Å². The molecule has 0 bridgehead atoms. The zero-order chi connectivity index (χ0) is 24.2. The number of carbonyl (C=O) groups excluding carboxylic acids is 2. The number of rotatable bonds is 11. The molecule has 3 aromatic rings. The second-order valence-electron chi connectivity index (χ2n) is 7.19. The van der Waals surface area contributed by atoms with Crippen molar-refractivity contribution < 1.29 is 23.8 Å². The minimum Gasteiger partial charge on any atom is -0.493 e. The fourth-order valence-corrected chi connectivity index (χ4v) is 2.89. The van der Waals surface area contributed by atoms with Crippen LogP contribution in [0.4, 0.5) is 5.69 Å². The van der Waals surface area contributed by atoms with Crippen LogP contribution in [0, 0.1) is 0 Å². The molecule has 176 valence electrons. The normalized spacial score (nSPS) is 10.5. The van der Waals surface area contributed by atoms with Gasteiger partial charge in [-0.15, -0.1) is 0 Å². The number of methoxy groups -OCH3 is 1. The topological polar surface area (TPSA) is 98.3 Å². The van der Waals surface area contributed by atoms with Crippen molar-refractivity contribution in [3.63, 3.8) is 0 Å². The molecule has 0 heterocycles. The van der Waals surface area contributed by atoms with E-state index in [0.29, 0.717) is 35.1 Å². The van der Waals surface area contributed by atoms with Crippen molar-refractivity contribution in [3.8, 4) is 17.2 Å². The lowest BCUT2D eigenvalue weighted by atomic mass is 10.2. The Labute approximate surface area is 198 Å². The van der Waals surface area contributed by atoms with Crippen LogP contribution < -0.4 is 25.0 Å². The molecule has 2 amide bonds. The number of para-hydroxylation sites is 1. The summed E-state index contributed by atoms with van der Waals surface area (Å²) in [5.41, 5.74) is 4.35. The second-order valence-corrected chi connectivity index (χ2v) is 7.19. The number of nitrogens with zero attached hydrogens (tertiary/aromatic N) is 1. The minimum absolute atomic E-state index is 0.107. The van der Waals surface area contributed by atoms with E-state index in [2.05, 4.69) is 15.8 Å². The van der Waals surface area contributed by atoms with Gasteiger partial charge in [-0.3, -0.25) is 9.59 Å². The molecule has 0 fully saturated rings. The van der Waals surface area contributed by atoms with Crippen LogP contribution in [0.25, 0.3) is 0 Å². The fourth-order valence-electron chi connectivity index (χ4n) is 2.89. The monoisotopic (exact) mass is 461 g/mol. The van der Waals surface area contributed by atoms with Crippen LogP contribution in [0.1, 0.15) is 29.3 Å². The van der Waals surface area contributed by atoms with Crippen molar-refractivity contribution in [2.75, 3.05) is 25.6 Å². The molecule has 0 unspecified atom stereocenters. The highest BCUT2D eigenvalue weighted by atomic mass is 16.5. The maximum Gasteiger partial charge on any atom is 0.271 e. The number of amides is 2. The van der Waals surface area contributed by atoms with Gasteiger partial charge in [0.15, 0.2) is 18.1 Å². The summed E-state index contributed by atoms with van der Waals surface area (Å²) in [6.45, 7) is 2.47. The third-order valence-corrected chi connectivity index (χ3v) is 4.57. The summed E-state index contributed by atoms with van der Waals surface area (Å²) in [4.78, 5) is 24.4. The Balaban J connectivity index is 1.48. The molecule has 8 heteroatoms. The highest BCUT2D eigenvalue weighted by Crippen LogP contribution is 2.28. The summed E-state index contributed by atoms with van der Waals surface area (Å²) < 4.78 is 16.4. The van der Waals surface area contributed by atoms with Crippen molar-refractivity contribution >= 4 is 23.7 Å². The van der Waals surface area contributed by atoms with E-state index in [-0.39, 0.29) is 18.4 Å². The molecule has 34 heavy (non-hydrogen) atoms. The Morgan fingerprint density at radius 3 is 2.41 bits per heavy atom. The molecule has 0 atom stereocenters. The molecule has 0 aliphatic carbocycles. The molecule has 0 spiro atoms. The molecule has 0 aliphatic rings. The Kier molecular flexibility index (Phi) is 9.04. The summed E-state index contributed by atoms with van der Waals surface area (Å²) in [5.74, 6) is 0.992. The Bertz CT molecular complexity index is 1120. The Morgan fingerprint density at radius 1 is 0.941 bits per heavy atom. The van der Waals surface area contributed by atoms with E-state index in [4.69, 9.17) is 14.2 Å². The molecule has 0 aliphatic heterocycles. The van der Waals surface area contributed by atoms with Crippen LogP contribution in [0.2, 0.25) is 0 Å². The first kappa shape index (κ1) is 24.3. The van der Waals surface area contributed by atoms with Crippen LogP contribution in [0.15, 0.2) is 77.9 Å². The van der Waals surface area contributed by atoms with Gasteiger partial charge in [-0.2, -0.15) is 5.10 Å². The molecule has 0 saturated carbocycles. The van der Waals surface area contributed by atoms with Crippen LogP contribution >= 0.6 is 0 Å². The lowest BCUT2D eigenvalue weighted by molar-refractivity contribution is -0.118. The Morgan fingerprint density at radius 2 is 1.71 bits per heavy atom. The number of hydrazone groups is 1. The lowest BCUT2D eigenvalue weighted by Crippen LogP contribution is -2.20. The number of anilines is 1. The molecule has 0 aromatic heterocycles. The smallest absolute Gasteiger partial charge is 0.271 e. The van der Waals surface area contributed by atoms with Gasteiger partial charge in [-0.1, -0.05) is 25.1 Å². The third kappa shape index (κ3) is 7.37. The standard InChI is InChI=1S/C26H27N3O5/c1-3-15-33-23-14-11-20(16-24(23)32-2)26(31)29-27-17-19-9-12-22(13-10-19)34-18-25(30)28-21-7-5-4-6-8-21/h4-14,16-17H,3,15,18H2,1-2H3,(H,28,30)(H,29,31)/b27-17+. The summed E-state index contributed by atoms with van der Waals surface area (Å²) in [6.07, 6.45) is 2.39. The summed E-state index contributed by atoms with van der Waals surface area (Å²) in [5, 5.41) is 6.75. The van der Waals surface area contributed by atoms with Crippen molar-refractivity contribution in [3.05, 3.63) is 83.9 Å². The first-order valence-corrected chi connectivity index (χ1v) is 10.8. The van der Waals surface area contributed by atoms with Gasteiger partial charge in [0.1, 0.15) is 5.75 Å². The SMILES string of the molecule is CCCOc1ccc(C(=O)N/N=C/c2ccc(OCC(=O)Nc3ccccc3)cc2)cc1OC. The number of benzene rings is 3. The first-order valence-electron chi connectivity index (χ1n) is 10.8. The predicted octanol–water partition coefficient (Wildman–Crippen LogP) is 4.27. The van der Waals surface area contributed by atoms with Gasteiger partial charge in [0.2, 0.25) is 0 Å². The number of nitrogens with one attached hydrogen (secondary N) is 2. The van der Waals surface area contributed by atoms with Gasteiger partial charge in [0.05, 0.1) is 19.9 Å². The molecule has 3 aromatic carbocycles. The zero-order valence-corrected chi connectivity index (χ0v) is 19.1. The van der Waals surface area contributed by atoms with E-state index >= 15 is 0 Å². The summed E-state index contributed by atoms with van der Waals surface area (Å²) in [7, 11) is 1.52. The number of ether oxygens (including phenoxy) is 3. The van der Waals surface area contributed by atoms with E-state index < -0.39 is 0 Å². The van der Waals surface area contributed by atoms with Gasteiger partial charge in [0, 0.05) is 11.3 Å². The van der Waals surface area contributed by atoms with Crippen LogP contribution in [0.3, 0.4) is 0 Å². The van der Waals surface area contributed by atoms with Crippen molar-refractivity contribution in [1.82, 2.24) is 5.43 Å². The maximum absolute atomic E-state index is 12.4. The molecular formula is C26H27N3O5. The average molecular weight is 462 g/mol. The Hall–Kier alpha value is -4.33. The van der Waals surface area contributed by atoms with Crippen LogP contribution in [-0.4, -0.2) is 38.4 Å². The van der Waals surface area contributed by atoms with E-state index in [0.717, 1.165) is 12.0 Å². The van der Waals surface area contributed by atoms with Gasteiger partial charge >= 0.3 is 0 Å².